The first-order chi connectivity index (χ1) is 12.7. The van der Waals surface area contributed by atoms with Gasteiger partial charge in [-0.1, -0.05) is 18.2 Å². The van der Waals surface area contributed by atoms with E-state index in [1.54, 1.807) is 24.5 Å². The minimum absolute atomic E-state index is 0.0641. The summed E-state index contributed by atoms with van der Waals surface area (Å²) in [5.74, 6) is 0. The zero-order valence-corrected chi connectivity index (χ0v) is 13.9. The van der Waals surface area contributed by atoms with E-state index in [9.17, 15) is 10.1 Å². The molecule has 1 N–H and O–H groups in total. The number of aliphatic imine (C=N–C) groups is 1. The van der Waals surface area contributed by atoms with Gasteiger partial charge < -0.3 is 5.32 Å². The van der Waals surface area contributed by atoms with E-state index in [-0.39, 0.29) is 10.6 Å². The maximum absolute atomic E-state index is 11.1. The lowest BCUT2D eigenvalue weighted by molar-refractivity contribution is -0.384. The van der Waals surface area contributed by atoms with Crippen LogP contribution in [0, 0.1) is 10.1 Å². The summed E-state index contributed by atoms with van der Waals surface area (Å²) in [6.07, 6.45) is 3.52. The highest BCUT2D eigenvalue weighted by Crippen LogP contribution is 2.29. The second-order valence-electron chi connectivity index (χ2n) is 5.96. The van der Waals surface area contributed by atoms with E-state index in [2.05, 4.69) is 27.4 Å². The molecule has 0 atom stereocenters. The fourth-order valence-electron chi connectivity index (χ4n) is 3.08. The van der Waals surface area contributed by atoms with Crippen LogP contribution in [-0.2, 0) is 0 Å². The standard InChI is InChI=1S/C20H16N4O2/c25-24(26)17-3-1-2-16(12-17)20-18-13-15(14-6-8-21-9-7-14)4-5-19(18)22-10-11-23-20/h1-9,12-13,22H,10-11H2. The van der Waals surface area contributed by atoms with Crippen molar-refractivity contribution in [1.29, 1.82) is 0 Å². The van der Waals surface area contributed by atoms with Gasteiger partial charge in [0, 0.05) is 47.9 Å². The molecule has 1 aliphatic heterocycles. The molecule has 0 amide bonds. The average Bonchev–Trinajstić information content (AvgIpc) is 2.90. The minimum Gasteiger partial charge on any atom is -0.383 e. The molecule has 0 fully saturated rings. The molecule has 3 aromatic rings. The van der Waals surface area contributed by atoms with Crippen LogP contribution in [0.3, 0.4) is 0 Å². The number of hydrogen-bond donors (Lipinski definition) is 1. The van der Waals surface area contributed by atoms with Crippen molar-refractivity contribution in [3.63, 3.8) is 0 Å². The fraction of sp³-hybridized carbons (Fsp3) is 0.100. The molecule has 1 aromatic heterocycles. The number of rotatable bonds is 3. The summed E-state index contributed by atoms with van der Waals surface area (Å²) >= 11 is 0. The third-order valence-corrected chi connectivity index (χ3v) is 4.32. The molecule has 6 heteroatoms. The van der Waals surface area contributed by atoms with Crippen LogP contribution >= 0.6 is 0 Å². The Morgan fingerprint density at radius 3 is 2.62 bits per heavy atom. The van der Waals surface area contributed by atoms with E-state index in [4.69, 9.17) is 0 Å². The van der Waals surface area contributed by atoms with Gasteiger partial charge in [-0.25, -0.2) is 0 Å². The summed E-state index contributed by atoms with van der Waals surface area (Å²) in [4.78, 5) is 19.5. The van der Waals surface area contributed by atoms with Crippen LogP contribution in [0.5, 0.6) is 0 Å². The second-order valence-corrected chi connectivity index (χ2v) is 5.96. The van der Waals surface area contributed by atoms with Gasteiger partial charge in [-0.3, -0.25) is 20.1 Å². The van der Waals surface area contributed by atoms with Crippen LogP contribution in [-0.4, -0.2) is 28.7 Å². The molecule has 0 bridgehead atoms. The lowest BCUT2D eigenvalue weighted by atomic mass is 9.96. The van der Waals surface area contributed by atoms with Gasteiger partial charge in [0.15, 0.2) is 0 Å². The highest BCUT2D eigenvalue weighted by molar-refractivity contribution is 6.17. The number of nitrogens with one attached hydrogen (secondary N) is 1. The number of pyridine rings is 1. The monoisotopic (exact) mass is 344 g/mol. The summed E-state index contributed by atoms with van der Waals surface area (Å²) in [6.45, 7) is 1.33. The van der Waals surface area contributed by atoms with Crippen LogP contribution in [0.2, 0.25) is 0 Å². The number of benzene rings is 2. The van der Waals surface area contributed by atoms with Crippen LogP contribution in [0.25, 0.3) is 11.1 Å². The zero-order chi connectivity index (χ0) is 17.9. The lowest BCUT2D eigenvalue weighted by Gasteiger charge is -2.13. The van der Waals surface area contributed by atoms with Crippen molar-refractivity contribution in [2.24, 2.45) is 4.99 Å². The molecule has 128 valence electrons. The van der Waals surface area contributed by atoms with E-state index < -0.39 is 0 Å². The molecule has 0 radical (unpaired) electrons. The third kappa shape index (κ3) is 3.04. The maximum atomic E-state index is 11.1. The fourth-order valence-corrected chi connectivity index (χ4v) is 3.08. The van der Waals surface area contributed by atoms with Crippen molar-refractivity contribution in [3.8, 4) is 11.1 Å². The van der Waals surface area contributed by atoms with Gasteiger partial charge >= 0.3 is 0 Å². The van der Waals surface area contributed by atoms with Crippen LogP contribution in [0.15, 0.2) is 72.0 Å². The first-order valence-electron chi connectivity index (χ1n) is 8.30. The summed E-state index contributed by atoms with van der Waals surface area (Å²) in [5, 5.41) is 14.5. The second kappa shape index (κ2) is 6.76. The van der Waals surface area contributed by atoms with Crippen molar-refractivity contribution in [2.45, 2.75) is 0 Å². The molecule has 0 unspecified atom stereocenters. The van der Waals surface area contributed by atoms with E-state index >= 15 is 0 Å². The number of hydrogen-bond acceptors (Lipinski definition) is 5. The Balaban J connectivity index is 1.85. The van der Waals surface area contributed by atoms with Crippen molar-refractivity contribution < 1.29 is 4.92 Å². The first kappa shape index (κ1) is 16.0. The predicted molar refractivity (Wildman–Crippen MR) is 102 cm³/mol. The normalized spacial score (nSPS) is 13.2. The molecular formula is C20H16N4O2. The number of fused-ring (bicyclic) bond motifs is 1. The summed E-state index contributed by atoms with van der Waals surface area (Å²) < 4.78 is 0. The Bertz CT molecular complexity index is 1000. The molecule has 6 nitrogen and oxygen atoms in total. The summed E-state index contributed by atoms with van der Waals surface area (Å²) in [7, 11) is 0. The minimum atomic E-state index is -0.382. The van der Waals surface area contributed by atoms with Crippen molar-refractivity contribution >= 4 is 17.1 Å². The Labute approximate surface area is 150 Å². The smallest absolute Gasteiger partial charge is 0.270 e. The molecule has 2 heterocycles. The third-order valence-electron chi connectivity index (χ3n) is 4.32. The number of aromatic nitrogens is 1. The van der Waals surface area contributed by atoms with Gasteiger partial charge in [0.2, 0.25) is 0 Å². The Hall–Kier alpha value is -3.54. The van der Waals surface area contributed by atoms with Gasteiger partial charge in [-0.05, 0) is 35.4 Å². The number of non-ortho nitro benzene ring substituents is 1. The molecule has 0 saturated carbocycles. The van der Waals surface area contributed by atoms with E-state index in [1.165, 1.54) is 6.07 Å². The molecule has 4 rings (SSSR count). The molecule has 1 aliphatic rings. The van der Waals surface area contributed by atoms with Crippen LogP contribution in [0.4, 0.5) is 11.4 Å². The Morgan fingerprint density at radius 1 is 0.962 bits per heavy atom. The van der Waals surface area contributed by atoms with Gasteiger partial charge in [0.25, 0.3) is 5.69 Å². The largest absolute Gasteiger partial charge is 0.383 e. The number of nitro benzene ring substituents is 1. The molecule has 0 saturated heterocycles. The highest BCUT2D eigenvalue weighted by Gasteiger charge is 2.17. The van der Waals surface area contributed by atoms with Crippen LogP contribution in [0.1, 0.15) is 11.1 Å². The predicted octanol–water partition coefficient (Wildman–Crippen LogP) is 3.92. The number of nitro groups is 1. The Morgan fingerprint density at radius 2 is 1.81 bits per heavy atom. The van der Waals surface area contributed by atoms with Gasteiger partial charge in [0.1, 0.15) is 0 Å². The number of nitrogens with zero attached hydrogens (tertiary/aromatic N) is 3. The van der Waals surface area contributed by atoms with E-state index in [0.717, 1.165) is 40.2 Å². The molecule has 2 aromatic carbocycles. The first-order valence-corrected chi connectivity index (χ1v) is 8.30. The quantitative estimate of drug-likeness (QED) is 0.577. The lowest BCUT2D eigenvalue weighted by Crippen LogP contribution is -2.06. The molecule has 0 aliphatic carbocycles. The maximum Gasteiger partial charge on any atom is 0.270 e. The van der Waals surface area contributed by atoms with Gasteiger partial charge in [-0.15, -0.1) is 0 Å². The van der Waals surface area contributed by atoms with Crippen molar-refractivity contribution in [1.82, 2.24) is 4.98 Å². The molecule has 26 heavy (non-hydrogen) atoms. The number of benzodiazepines with no additional fused rings is 1. The van der Waals surface area contributed by atoms with E-state index in [1.807, 2.05) is 24.3 Å². The SMILES string of the molecule is O=[N+]([O-])c1cccc(C2=NCCNc3ccc(-c4ccncc4)cc32)c1. The topological polar surface area (TPSA) is 80.4 Å². The van der Waals surface area contributed by atoms with Gasteiger partial charge in [0.05, 0.1) is 17.2 Å². The van der Waals surface area contributed by atoms with Gasteiger partial charge in [-0.2, -0.15) is 0 Å². The highest BCUT2D eigenvalue weighted by atomic mass is 16.6. The summed E-state index contributed by atoms with van der Waals surface area (Å²) in [6, 6.07) is 16.7. The number of anilines is 1. The van der Waals surface area contributed by atoms with Crippen molar-refractivity contribution in [2.75, 3.05) is 18.4 Å². The van der Waals surface area contributed by atoms with Crippen molar-refractivity contribution in [3.05, 3.63) is 88.2 Å². The zero-order valence-electron chi connectivity index (χ0n) is 13.9. The van der Waals surface area contributed by atoms with Crippen LogP contribution < -0.4 is 5.32 Å². The molecular weight excluding hydrogens is 328 g/mol. The molecule has 0 spiro atoms. The van der Waals surface area contributed by atoms with E-state index in [0.29, 0.717) is 6.54 Å². The average molecular weight is 344 g/mol. The Kier molecular flexibility index (Phi) is 4.15. The summed E-state index contributed by atoms with van der Waals surface area (Å²) in [5.41, 5.74) is 5.61.